The highest BCUT2D eigenvalue weighted by atomic mass is 35.5. The minimum absolute atomic E-state index is 0.0139. The third kappa shape index (κ3) is 2.34. The lowest BCUT2D eigenvalue weighted by Gasteiger charge is -2.09. The van der Waals surface area contributed by atoms with Crippen LogP contribution in [0.5, 0.6) is 0 Å². The fraction of sp³-hybridized carbons (Fsp3) is 0.385. The Hall–Kier alpha value is -1.35. The third-order valence-corrected chi connectivity index (χ3v) is 2.93. The fourth-order valence-corrected chi connectivity index (χ4v) is 2.06. The SMILES string of the molecule is Cc1ccn2c(=O)c(CC(C)Cl)c(C)nc2c1. The fourth-order valence-electron chi connectivity index (χ4n) is 1.90. The first-order chi connectivity index (χ1) is 7.99. The van der Waals surface area contributed by atoms with Crippen molar-refractivity contribution >= 4 is 17.2 Å². The summed E-state index contributed by atoms with van der Waals surface area (Å²) in [6.07, 6.45) is 2.32. The van der Waals surface area contributed by atoms with Crippen LogP contribution in [-0.4, -0.2) is 14.8 Å². The molecule has 2 rings (SSSR count). The molecule has 0 aliphatic rings. The van der Waals surface area contributed by atoms with Gasteiger partial charge in [-0.25, -0.2) is 4.98 Å². The summed E-state index contributed by atoms with van der Waals surface area (Å²) in [5.74, 6) is 0. The molecule has 0 bridgehead atoms. The third-order valence-electron chi connectivity index (χ3n) is 2.77. The van der Waals surface area contributed by atoms with Gasteiger partial charge < -0.3 is 0 Å². The van der Waals surface area contributed by atoms with Crippen molar-refractivity contribution in [1.82, 2.24) is 9.38 Å². The Morgan fingerprint density at radius 3 is 2.82 bits per heavy atom. The molecule has 3 nitrogen and oxygen atoms in total. The van der Waals surface area contributed by atoms with Crippen LogP contribution < -0.4 is 5.56 Å². The Labute approximate surface area is 105 Å². The van der Waals surface area contributed by atoms with Crippen LogP contribution in [0.2, 0.25) is 0 Å². The minimum atomic E-state index is -0.0632. The van der Waals surface area contributed by atoms with Gasteiger partial charge in [-0.15, -0.1) is 11.6 Å². The zero-order chi connectivity index (χ0) is 12.6. The van der Waals surface area contributed by atoms with E-state index in [-0.39, 0.29) is 10.9 Å². The first kappa shape index (κ1) is 12.1. The average molecular weight is 251 g/mol. The quantitative estimate of drug-likeness (QED) is 0.768. The van der Waals surface area contributed by atoms with Crippen LogP contribution in [0.3, 0.4) is 0 Å². The first-order valence-electron chi connectivity index (χ1n) is 5.61. The lowest BCUT2D eigenvalue weighted by molar-refractivity contribution is 0.862. The molecule has 0 aromatic carbocycles. The maximum absolute atomic E-state index is 12.3. The van der Waals surface area contributed by atoms with E-state index in [1.54, 1.807) is 10.6 Å². The van der Waals surface area contributed by atoms with Gasteiger partial charge in [-0.2, -0.15) is 0 Å². The van der Waals surface area contributed by atoms with Crippen molar-refractivity contribution < 1.29 is 0 Å². The molecular weight excluding hydrogens is 236 g/mol. The van der Waals surface area contributed by atoms with Crippen LogP contribution in [-0.2, 0) is 6.42 Å². The molecule has 0 spiro atoms. The summed E-state index contributed by atoms with van der Waals surface area (Å²) in [6.45, 7) is 5.72. The van der Waals surface area contributed by atoms with Crippen molar-refractivity contribution in [1.29, 1.82) is 0 Å². The van der Waals surface area contributed by atoms with Crippen molar-refractivity contribution in [2.24, 2.45) is 0 Å². The van der Waals surface area contributed by atoms with Gasteiger partial charge in [-0.05, 0) is 44.9 Å². The van der Waals surface area contributed by atoms with Crippen molar-refractivity contribution in [3.8, 4) is 0 Å². The molecule has 17 heavy (non-hydrogen) atoms. The van der Waals surface area contributed by atoms with Crippen molar-refractivity contribution in [3.63, 3.8) is 0 Å². The maximum atomic E-state index is 12.3. The van der Waals surface area contributed by atoms with E-state index >= 15 is 0 Å². The molecule has 0 fully saturated rings. The number of halogens is 1. The molecule has 0 aliphatic heterocycles. The highest BCUT2D eigenvalue weighted by Crippen LogP contribution is 2.10. The highest BCUT2D eigenvalue weighted by molar-refractivity contribution is 6.20. The van der Waals surface area contributed by atoms with E-state index < -0.39 is 0 Å². The first-order valence-corrected chi connectivity index (χ1v) is 6.05. The van der Waals surface area contributed by atoms with Gasteiger partial charge in [0.25, 0.3) is 5.56 Å². The summed E-state index contributed by atoms with van der Waals surface area (Å²) in [5.41, 5.74) is 3.25. The zero-order valence-corrected chi connectivity index (χ0v) is 11.0. The molecule has 0 N–H and O–H groups in total. The summed E-state index contributed by atoms with van der Waals surface area (Å²) < 4.78 is 1.58. The summed E-state index contributed by atoms with van der Waals surface area (Å²) in [7, 11) is 0. The van der Waals surface area contributed by atoms with E-state index in [2.05, 4.69) is 4.98 Å². The molecule has 0 amide bonds. The lowest BCUT2D eigenvalue weighted by Crippen LogP contribution is -2.23. The second-order valence-corrected chi connectivity index (χ2v) is 5.14. The van der Waals surface area contributed by atoms with Crippen molar-refractivity contribution in [2.45, 2.75) is 32.6 Å². The number of hydrogen-bond donors (Lipinski definition) is 0. The van der Waals surface area contributed by atoms with Crippen LogP contribution in [0.1, 0.15) is 23.7 Å². The normalized spacial score (nSPS) is 12.9. The van der Waals surface area contributed by atoms with Crippen LogP contribution in [0.25, 0.3) is 5.65 Å². The Balaban J connectivity index is 2.72. The molecule has 0 saturated heterocycles. The van der Waals surface area contributed by atoms with Gasteiger partial charge in [-0.1, -0.05) is 0 Å². The second kappa shape index (κ2) is 4.49. The van der Waals surface area contributed by atoms with Gasteiger partial charge in [0.15, 0.2) is 0 Å². The topological polar surface area (TPSA) is 34.4 Å². The maximum Gasteiger partial charge on any atom is 0.261 e. The molecule has 4 heteroatoms. The van der Waals surface area contributed by atoms with Gasteiger partial charge in [0.1, 0.15) is 5.65 Å². The van der Waals surface area contributed by atoms with E-state index in [9.17, 15) is 4.79 Å². The Kier molecular flexibility index (Phi) is 3.20. The average Bonchev–Trinajstić information content (AvgIpc) is 2.23. The van der Waals surface area contributed by atoms with Crippen molar-refractivity contribution in [2.75, 3.05) is 0 Å². The second-order valence-electron chi connectivity index (χ2n) is 4.40. The number of aromatic nitrogens is 2. The Morgan fingerprint density at radius 1 is 1.47 bits per heavy atom. The number of hydrogen-bond acceptors (Lipinski definition) is 2. The Morgan fingerprint density at radius 2 is 2.18 bits per heavy atom. The van der Waals surface area contributed by atoms with E-state index in [0.717, 1.165) is 11.3 Å². The highest BCUT2D eigenvalue weighted by Gasteiger charge is 2.11. The lowest BCUT2D eigenvalue weighted by atomic mass is 10.1. The standard InChI is InChI=1S/C13H15ClN2O/c1-8-4-5-16-12(6-8)15-10(3)11(13(16)17)7-9(2)14/h4-6,9H,7H2,1-3H3. The molecule has 2 heterocycles. The van der Waals surface area contributed by atoms with E-state index in [1.807, 2.05) is 32.9 Å². The number of alkyl halides is 1. The number of rotatable bonds is 2. The van der Waals surface area contributed by atoms with Crippen molar-refractivity contribution in [3.05, 3.63) is 45.5 Å². The van der Waals surface area contributed by atoms with Crippen LogP contribution in [0.4, 0.5) is 0 Å². The van der Waals surface area contributed by atoms with Gasteiger partial charge in [-0.3, -0.25) is 9.20 Å². The van der Waals surface area contributed by atoms with E-state index in [0.29, 0.717) is 17.6 Å². The van der Waals surface area contributed by atoms with Crippen LogP contribution in [0, 0.1) is 13.8 Å². The minimum Gasteiger partial charge on any atom is -0.269 e. The summed E-state index contributed by atoms with van der Waals surface area (Å²) in [6, 6.07) is 3.81. The van der Waals surface area contributed by atoms with Crippen LogP contribution in [0.15, 0.2) is 23.1 Å². The summed E-state index contributed by atoms with van der Waals surface area (Å²) >= 11 is 5.96. The number of pyridine rings is 1. The largest absolute Gasteiger partial charge is 0.269 e. The predicted octanol–water partition coefficient (Wildman–Crippen LogP) is 2.48. The summed E-state index contributed by atoms with van der Waals surface area (Å²) in [4.78, 5) is 16.7. The molecule has 1 atom stereocenters. The number of fused-ring (bicyclic) bond motifs is 1. The smallest absolute Gasteiger partial charge is 0.261 e. The number of nitrogens with zero attached hydrogens (tertiary/aromatic N) is 2. The van der Waals surface area contributed by atoms with E-state index in [1.165, 1.54) is 0 Å². The van der Waals surface area contributed by atoms with Gasteiger partial charge in [0.05, 0.1) is 0 Å². The predicted molar refractivity (Wildman–Crippen MR) is 70.0 cm³/mol. The van der Waals surface area contributed by atoms with Gasteiger partial charge in [0, 0.05) is 22.8 Å². The van der Waals surface area contributed by atoms with Gasteiger partial charge in [0.2, 0.25) is 0 Å². The monoisotopic (exact) mass is 250 g/mol. The van der Waals surface area contributed by atoms with Gasteiger partial charge >= 0.3 is 0 Å². The Bertz CT molecular complexity index is 617. The molecule has 0 saturated carbocycles. The molecule has 2 aromatic rings. The molecule has 1 unspecified atom stereocenters. The van der Waals surface area contributed by atoms with Crippen LogP contribution >= 0.6 is 11.6 Å². The van der Waals surface area contributed by atoms with E-state index in [4.69, 9.17) is 11.6 Å². The summed E-state index contributed by atoms with van der Waals surface area (Å²) in [5, 5.41) is -0.0632. The molecule has 90 valence electrons. The molecule has 2 aromatic heterocycles. The molecule has 0 aliphatic carbocycles. The molecule has 0 radical (unpaired) electrons. The number of aryl methyl sites for hydroxylation is 2. The molecular formula is C13H15ClN2O. The zero-order valence-electron chi connectivity index (χ0n) is 10.2.